The molecule has 0 radical (unpaired) electrons. The average Bonchev–Trinajstić information content (AvgIpc) is 3.06. The standard InChI is InChI=1S/C20H22FN5O/c1-5-17-16(11-22-26(17)15-8-6-14(21)7-9-15)20(27)25-18-10-13(4)23-19(24-18)12(2)3/h6-12H,5H2,1-4H3,(H,23,24,25,27). The Balaban J connectivity index is 1.91. The highest BCUT2D eigenvalue weighted by molar-refractivity contribution is 6.04. The van der Waals surface area contributed by atoms with E-state index in [0.717, 1.165) is 11.4 Å². The SMILES string of the molecule is CCc1c(C(=O)Nc2cc(C)nc(C(C)C)n2)cnn1-c1ccc(F)cc1. The van der Waals surface area contributed by atoms with Crippen molar-refractivity contribution in [1.29, 1.82) is 0 Å². The first-order valence-electron chi connectivity index (χ1n) is 8.88. The Morgan fingerprint density at radius 3 is 2.56 bits per heavy atom. The molecule has 3 aromatic rings. The van der Waals surface area contributed by atoms with Crippen molar-refractivity contribution in [3.63, 3.8) is 0 Å². The molecule has 1 N–H and O–H groups in total. The number of hydrogen-bond donors (Lipinski definition) is 1. The van der Waals surface area contributed by atoms with Crippen LogP contribution in [0.1, 0.15) is 54.3 Å². The Labute approximate surface area is 157 Å². The lowest BCUT2D eigenvalue weighted by Crippen LogP contribution is -2.16. The lowest BCUT2D eigenvalue weighted by atomic mass is 10.2. The van der Waals surface area contributed by atoms with Crippen LogP contribution in [0.15, 0.2) is 36.5 Å². The van der Waals surface area contributed by atoms with E-state index in [-0.39, 0.29) is 17.6 Å². The largest absolute Gasteiger partial charge is 0.306 e. The van der Waals surface area contributed by atoms with Gasteiger partial charge in [0.15, 0.2) is 0 Å². The van der Waals surface area contributed by atoms with Crippen LogP contribution in [0, 0.1) is 12.7 Å². The number of nitrogens with one attached hydrogen (secondary N) is 1. The third kappa shape index (κ3) is 4.02. The zero-order valence-corrected chi connectivity index (χ0v) is 15.8. The predicted molar refractivity (Wildman–Crippen MR) is 102 cm³/mol. The second-order valence-electron chi connectivity index (χ2n) is 6.61. The third-order valence-corrected chi connectivity index (χ3v) is 4.15. The number of amides is 1. The number of rotatable bonds is 5. The Kier molecular flexibility index (Phi) is 5.30. The Hall–Kier alpha value is -3.09. The van der Waals surface area contributed by atoms with Gasteiger partial charge in [-0.1, -0.05) is 20.8 Å². The monoisotopic (exact) mass is 367 g/mol. The van der Waals surface area contributed by atoms with Crippen LogP contribution >= 0.6 is 0 Å². The van der Waals surface area contributed by atoms with Crippen molar-refractivity contribution >= 4 is 11.7 Å². The fourth-order valence-corrected chi connectivity index (χ4v) is 2.81. The molecule has 1 amide bonds. The Bertz CT molecular complexity index is 963. The van der Waals surface area contributed by atoms with Crippen LogP contribution in [0.2, 0.25) is 0 Å². The highest BCUT2D eigenvalue weighted by Gasteiger charge is 2.18. The number of nitrogens with zero attached hydrogens (tertiary/aromatic N) is 4. The summed E-state index contributed by atoms with van der Waals surface area (Å²) < 4.78 is 14.8. The molecule has 0 aliphatic heterocycles. The zero-order valence-electron chi connectivity index (χ0n) is 15.8. The predicted octanol–water partition coefficient (Wildman–Crippen LogP) is 4.05. The fraction of sp³-hybridized carbons (Fsp3) is 0.300. The van der Waals surface area contributed by atoms with Gasteiger partial charge in [-0.3, -0.25) is 4.79 Å². The molecule has 1 aromatic carbocycles. The first-order chi connectivity index (χ1) is 12.9. The van der Waals surface area contributed by atoms with Gasteiger partial charge in [-0.2, -0.15) is 5.10 Å². The smallest absolute Gasteiger partial charge is 0.260 e. The van der Waals surface area contributed by atoms with E-state index in [1.165, 1.54) is 18.3 Å². The van der Waals surface area contributed by atoms with Crippen LogP contribution in [0.5, 0.6) is 0 Å². The summed E-state index contributed by atoms with van der Waals surface area (Å²) >= 11 is 0. The van der Waals surface area contributed by atoms with Gasteiger partial charge in [-0.05, 0) is 37.6 Å². The van der Waals surface area contributed by atoms with Crippen LogP contribution < -0.4 is 5.32 Å². The number of aryl methyl sites for hydroxylation is 1. The van der Waals surface area contributed by atoms with Crippen molar-refractivity contribution in [3.05, 3.63) is 65.1 Å². The topological polar surface area (TPSA) is 72.7 Å². The molecule has 27 heavy (non-hydrogen) atoms. The van der Waals surface area contributed by atoms with Crippen LogP contribution in [0.4, 0.5) is 10.2 Å². The molecule has 0 unspecified atom stereocenters. The number of anilines is 1. The van der Waals surface area contributed by atoms with E-state index in [0.29, 0.717) is 29.3 Å². The number of aromatic nitrogens is 4. The molecule has 0 saturated heterocycles. The zero-order chi connectivity index (χ0) is 19.6. The summed E-state index contributed by atoms with van der Waals surface area (Å²) in [6.07, 6.45) is 2.12. The van der Waals surface area contributed by atoms with Crippen molar-refractivity contribution in [2.75, 3.05) is 5.32 Å². The van der Waals surface area contributed by atoms with Crippen LogP contribution in [-0.4, -0.2) is 25.7 Å². The molecule has 0 atom stereocenters. The molecule has 140 valence electrons. The van der Waals surface area contributed by atoms with Gasteiger partial charge in [0.25, 0.3) is 5.91 Å². The molecule has 7 heteroatoms. The molecule has 0 saturated carbocycles. The second kappa shape index (κ2) is 7.65. The maximum absolute atomic E-state index is 13.2. The minimum atomic E-state index is -0.318. The van der Waals surface area contributed by atoms with E-state index in [1.54, 1.807) is 22.9 Å². The molecule has 3 rings (SSSR count). The molecule has 6 nitrogen and oxygen atoms in total. The number of hydrogen-bond acceptors (Lipinski definition) is 4. The molecule has 0 spiro atoms. The summed E-state index contributed by atoms with van der Waals surface area (Å²) in [7, 11) is 0. The van der Waals surface area contributed by atoms with Gasteiger partial charge in [-0.25, -0.2) is 19.0 Å². The van der Waals surface area contributed by atoms with Crippen molar-refractivity contribution in [2.45, 2.75) is 40.0 Å². The van der Waals surface area contributed by atoms with Gasteiger partial charge in [-0.15, -0.1) is 0 Å². The summed E-state index contributed by atoms with van der Waals surface area (Å²) in [5.41, 5.74) is 2.70. The van der Waals surface area contributed by atoms with Crippen LogP contribution in [-0.2, 0) is 6.42 Å². The Morgan fingerprint density at radius 1 is 1.22 bits per heavy atom. The van der Waals surface area contributed by atoms with Crippen molar-refractivity contribution in [2.24, 2.45) is 0 Å². The molecule has 0 aliphatic carbocycles. The van der Waals surface area contributed by atoms with E-state index in [2.05, 4.69) is 20.4 Å². The number of halogens is 1. The molecular weight excluding hydrogens is 345 g/mol. The normalized spacial score (nSPS) is 11.0. The number of benzene rings is 1. The van der Waals surface area contributed by atoms with Crippen LogP contribution in [0.3, 0.4) is 0 Å². The molecule has 0 aliphatic rings. The molecule has 2 heterocycles. The summed E-state index contributed by atoms with van der Waals surface area (Å²) in [6, 6.07) is 7.73. The van der Waals surface area contributed by atoms with Gasteiger partial charge in [0.1, 0.15) is 17.5 Å². The lowest BCUT2D eigenvalue weighted by Gasteiger charge is -2.10. The van der Waals surface area contributed by atoms with Gasteiger partial charge in [0, 0.05) is 17.7 Å². The highest BCUT2D eigenvalue weighted by Crippen LogP contribution is 2.19. The van der Waals surface area contributed by atoms with Crippen LogP contribution in [0.25, 0.3) is 5.69 Å². The molecule has 2 aromatic heterocycles. The molecule has 0 bridgehead atoms. The first kappa shape index (κ1) is 18.7. The van der Waals surface area contributed by atoms with Crippen molar-refractivity contribution < 1.29 is 9.18 Å². The van der Waals surface area contributed by atoms with Crippen molar-refractivity contribution in [3.8, 4) is 5.69 Å². The van der Waals surface area contributed by atoms with E-state index in [1.807, 2.05) is 27.7 Å². The molecular formula is C20H22FN5O. The van der Waals surface area contributed by atoms with E-state index < -0.39 is 0 Å². The first-order valence-corrected chi connectivity index (χ1v) is 8.88. The summed E-state index contributed by atoms with van der Waals surface area (Å²) in [6.45, 7) is 7.82. The average molecular weight is 367 g/mol. The van der Waals surface area contributed by atoms with E-state index in [4.69, 9.17) is 0 Å². The Morgan fingerprint density at radius 2 is 1.93 bits per heavy atom. The van der Waals surface area contributed by atoms with Gasteiger partial charge < -0.3 is 5.32 Å². The minimum Gasteiger partial charge on any atom is -0.306 e. The lowest BCUT2D eigenvalue weighted by molar-refractivity contribution is 0.102. The second-order valence-corrected chi connectivity index (χ2v) is 6.61. The fourth-order valence-electron chi connectivity index (χ4n) is 2.81. The maximum atomic E-state index is 13.2. The maximum Gasteiger partial charge on any atom is 0.260 e. The summed E-state index contributed by atoms with van der Waals surface area (Å²) in [5.74, 6) is 0.707. The van der Waals surface area contributed by atoms with Crippen molar-refractivity contribution in [1.82, 2.24) is 19.7 Å². The highest BCUT2D eigenvalue weighted by atomic mass is 19.1. The summed E-state index contributed by atoms with van der Waals surface area (Å²) in [4.78, 5) is 21.6. The quantitative estimate of drug-likeness (QED) is 0.738. The number of carbonyl (C=O) groups excluding carboxylic acids is 1. The minimum absolute atomic E-state index is 0.160. The number of carbonyl (C=O) groups is 1. The summed E-state index contributed by atoms with van der Waals surface area (Å²) in [5, 5.41) is 7.15. The van der Waals surface area contributed by atoms with Gasteiger partial charge in [0.2, 0.25) is 0 Å². The van der Waals surface area contributed by atoms with Gasteiger partial charge in [0.05, 0.1) is 23.1 Å². The third-order valence-electron chi connectivity index (χ3n) is 4.15. The van der Waals surface area contributed by atoms with Gasteiger partial charge >= 0.3 is 0 Å². The van der Waals surface area contributed by atoms with E-state index >= 15 is 0 Å². The molecule has 0 fully saturated rings. The van der Waals surface area contributed by atoms with E-state index in [9.17, 15) is 9.18 Å².